The van der Waals surface area contributed by atoms with Crippen molar-refractivity contribution < 1.29 is 9.90 Å². The van der Waals surface area contributed by atoms with E-state index in [0.29, 0.717) is 10.1 Å². The number of carbonyl (C=O) groups is 1. The second-order valence-corrected chi connectivity index (χ2v) is 5.14. The molecule has 0 aromatic heterocycles. The van der Waals surface area contributed by atoms with Crippen LogP contribution in [0.1, 0.15) is 5.56 Å². The number of hydrogen-bond donors (Lipinski definition) is 3. The van der Waals surface area contributed by atoms with Crippen LogP contribution in [0.4, 0.5) is 11.4 Å². The van der Waals surface area contributed by atoms with Crippen LogP contribution in [0.2, 0.25) is 5.02 Å². The van der Waals surface area contributed by atoms with Crippen molar-refractivity contribution in [3.8, 4) is 0 Å². The number of hydrogen-bond acceptors (Lipinski definition) is 2. The van der Waals surface area contributed by atoms with Crippen LogP contribution in [0.5, 0.6) is 0 Å². The van der Waals surface area contributed by atoms with Crippen molar-refractivity contribution in [3.63, 3.8) is 0 Å². The third kappa shape index (κ3) is 4.73. The van der Waals surface area contributed by atoms with Crippen LogP contribution in [-0.4, -0.2) is 16.2 Å². The standard InChI is InChI=1S/C15H13ClN2O2S/c16-12-3-1-2-4-13(12)18-15(21)17-11-7-5-10(6-8-11)9-14(19)20/h1-8H,9H2,(H,19,20)(H2,17,18,21). The Bertz CT molecular complexity index is 659. The van der Waals surface area contributed by atoms with Gasteiger partial charge in [0.2, 0.25) is 0 Å². The summed E-state index contributed by atoms with van der Waals surface area (Å²) in [5.41, 5.74) is 2.23. The van der Waals surface area contributed by atoms with Gasteiger partial charge in [0.1, 0.15) is 0 Å². The minimum atomic E-state index is -0.855. The average Bonchev–Trinajstić information content (AvgIpc) is 2.43. The Morgan fingerprint density at radius 1 is 1.10 bits per heavy atom. The van der Waals surface area contributed by atoms with Gasteiger partial charge in [-0.05, 0) is 42.0 Å². The first kappa shape index (κ1) is 15.3. The van der Waals surface area contributed by atoms with Crippen molar-refractivity contribution in [2.24, 2.45) is 0 Å². The van der Waals surface area contributed by atoms with Crippen molar-refractivity contribution in [3.05, 3.63) is 59.1 Å². The molecule has 108 valence electrons. The number of aliphatic carboxylic acids is 1. The highest BCUT2D eigenvalue weighted by atomic mass is 35.5. The fraction of sp³-hybridized carbons (Fsp3) is 0.0667. The van der Waals surface area contributed by atoms with E-state index in [1.165, 1.54) is 0 Å². The molecule has 0 aliphatic carbocycles. The lowest BCUT2D eigenvalue weighted by Crippen LogP contribution is -2.19. The number of thiocarbonyl (C=S) groups is 1. The quantitative estimate of drug-likeness (QED) is 0.748. The number of nitrogens with one attached hydrogen (secondary N) is 2. The second-order valence-electron chi connectivity index (χ2n) is 4.33. The lowest BCUT2D eigenvalue weighted by Gasteiger charge is -2.11. The van der Waals surface area contributed by atoms with E-state index in [4.69, 9.17) is 28.9 Å². The zero-order chi connectivity index (χ0) is 15.2. The molecule has 2 aromatic carbocycles. The Morgan fingerprint density at radius 2 is 1.76 bits per heavy atom. The Morgan fingerprint density at radius 3 is 2.38 bits per heavy atom. The minimum absolute atomic E-state index is 0.00258. The molecule has 0 saturated heterocycles. The van der Waals surface area contributed by atoms with Gasteiger partial charge < -0.3 is 15.7 Å². The molecule has 4 nitrogen and oxygen atoms in total. The minimum Gasteiger partial charge on any atom is -0.481 e. The van der Waals surface area contributed by atoms with E-state index >= 15 is 0 Å². The summed E-state index contributed by atoms with van der Waals surface area (Å²) in [5.74, 6) is -0.855. The number of carboxylic acid groups (broad SMARTS) is 1. The number of rotatable bonds is 4. The predicted octanol–water partition coefficient (Wildman–Crippen LogP) is 3.78. The van der Waals surface area contributed by atoms with Crippen LogP contribution in [0.25, 0.3) is 0 Å². The number of benzene rings is 2. The summed E-state index contributed by atoms with van der Waals surface area (Å²) < 4.78 is 0. The Labute approximate surface area is 132 Å². The van der Waals surface area contributed by atoms with E-state index < -0.39 is 5.97 Å². The van der Waals surface area contributed by atoms with Crippen molar-refractivity contribution in [2.75, 3.05) is 10.6 Å². The summed E-state index contributed by atoms with van der Waals surface area (Å²) in [6, 6.07) is 14.3. The van der Waals surface area contributed by atoms with E-state index in [1.54, 1.807) is 30.3 Å². The fourth-order valence-corrected chi connectivity index (χ4v) is 2.14. The number of anilines is 2. The SMILES string of the molecule is O=C(O)Cc1ccc(NC(=S)Nc2ccccc2Cl)cc1. The number of carboxylic acids is 1. The predicted molar refractivity (Wildman–Crippen MR) is 89.1 cm³/mol. The maximum atomic E-state index is 10.6. The molecule has 0 radical (unpaired) electrons. The van der Waals surface area contributed by atoms with Gasteiger partial charge in [0, 0.05) is 5.69 Å². The molecule has 6 heteroatoms. The van der Waals surface area contributed by atoms with Crippen molar-refractivity contribution in [2.45, 2.75) is 6.42 Å². The lowest BCUT2D eigenvalue weighted by molar-refractivity contribution is -0.136. The molecule has 3 N–H and O–H groups in total. The first-order chi connectivity index (χ1) is 10.0. The van der Waals surface area contributed by atoms with Crippen LogP contribution < -0.4 is 10.6 Å². The molecule has 0 fully saturated rings. The molecule has 2 aromatic rings. The molecule has 0 saturated carbocycles. The largest absolute Gasteiger partial charge is 0.481 e. The molecule has 0 aliphatic heterocycles. The summed E-state index contributed by atoms with van der Waals surface area (Å²) in [5, 5.41) is 15.7. The molecule has 0 heterocycles. The highest BCUT2D eigenvalue weighted by Crippen LogP contribution is 2.20. The lowest BCUT2D eigenvalue weighted by atomic mass is 10.1. The third-order valence-corrected chi connectivity index (χ3v) is 3.22. The Balaban J connectivity index is 1.96. The van der Waals surface area contributed by atoms with Gasteiger partial charge in [0.05, 0.1) is 17.1 Å². The molecule has 0 spiro atoms. The van der Waals surface area contributed by atoms with Gasteiger partial charge in [-0.15, -0.1) is 0 Å². The van der Waals surface area contributed by atoms with Crippen molar-refractivity contribution in [1.29, 1.82) is 0 Å². The topological polar surface area (TPSA) is 61.4 Å². The van der Waals surface area contributed by atoms with E-state index in [9.17, 15) is 4.79 Å². The molecule has 0 amide bonds. The van der Waals surface area contributed by atoms with Gasteiger partial charge in [-0.3, -0.25) is 4.79 Å². The molecule has 0 aliphatic rings. The Hall–Kier alpha value is -2.11. The molecule has 0 bridgehead atoms. The zero-order valence-corrected chi connectivity index (χ0v) is 12.5. The summed E-state index contributed by atoms with van der Waals surface area (Å²) in [6.07, 6.45) is 0.00258. The van der Waals surface area contributed by atoms with Crippen LogP contribution in [0, 0.1) is 0 Å². The molecule has 0 atom stereocenters. The van der Waals surface area contributed by atoms with Crippen LogP contribution in [0.3, 0.4) is 0 Å². The molecule has 2 rings (SSSR count). The van der Waals surface area contributed by atoms with Gasteiger partial charge in [-0.1, -0.05) is 35.9 Å². The van der Waals surface area contributed by atoms with E-state index in [1.807, 2.05) is 18.2 Å². The van der Waals surface area contributed by atoms with Gasteiger partial charge in [0.25, 0.3) is 0 Å². The highest BCUT2D eigenvalue weighted by molar-refractivity contribution is 7.80. The number of para-hydroxylation sites is 1. The first-order valence-electron chi connectivity index (χ1n) is 6.18. The van der Waals surface area contributed by atoms with Gasteiger partial charge in [-0.25, -0.2) is 0 Å². The smallest absolute Gasteiger partial charge is 0.307 e. The molecule has 21 heavy (non-hydrogen) atoms. The first-order valence-corrected chi connectivity index (χ1v) is 6.96. The summed E-state index contributed by atoms with van der Waals surface area (Å²) in [4.78, 5) is 10.6. The van der Waals surface area contributed by atoms with E-state index in [2.05, 4.69) is 10.6 Å². The summed E-state index contributed by atoms with van der Waals surface area (Å²) in [6.45, 7) is 0. The zero-order valence-electron chi connectivity index (χ0n) is 11.0. The normalized spacial score (nSPS) is 9.95. The van der Waals surface area contributed by atoms with Crippen molar-refractivity contribution >= 4 is 46.3 Å². The highest BCUT2D eigenvalue weighted by Gasteiger charge is 2.03. The maximum Gasteiger partial charge on any atom is 0.307 e. The molecular weight excluding hydrogens is 308 g/mol. The van der Waals surface area contributed by atoms with Crippen LogP contribution in [0.15, 0.2) is 48.5 Å². The van der Waals surface area contributed by atoms with Crippen LogP contribution >= 0.6 is 23.8 Å². The van der Waals surface area contributed by atoms with Crippen molar-refractivity contribution in [1.82, 2.24) is 0 Å². The second kappa shape index (κ2) is 7.06. The number of halogens is 1. The van der Waals surface area contributed by atoms with Gasteiger partial charge in [0.15, 0.2) is 5.11 Å². The summed E-state index contributed by atoms with van der Waals surface area (Å²) in [7, 11) is 0. The summed E-state index contributed by atoms with van der Waals surface area (Å²) >= 11 is 11.2. The van der Waals surface area contributed by atoms with E-state index in [0.717, 1.165) is 16.9 Å². The molecular formula is C15H13ClN2O2S. The van der Waals surface area contributed by atoms with E-state index in [-0.39, 0.29) is 6.42 Å². The molecule has 0 unspecified atom stereocenters. The average molecular weight is 321 g/mol. The van der Waals surface area contributed by atoms with Gasteiger partial charge in [-0.2, -0.15) is 0 Å². The maximum absolute atomic E-state index is 10.6. The third-order valence-electron chi connectivity index (χ3n) is 2.69. The Kier molecular flexibility index (Phi) is 5.14. The monoisotopic (exact) mass is 320 g/mol. The van der Waals surface area contributed by atoms with Gasteiger partial charge >= 0.3 is 5.97 Å². The fourth-order valence-electron chi connectivity index (χ4n) is 1.73. The van der Waals surface area contributed by atoms with Crippen LogP contribution in [-0.2, 0) is 11.2 Å².